The lowest BCUT2D eigenvalue weighted by Gasteiger charge is -2.49. The number of methoxy groups -OCH3 is 1. The summed E-state index contributed by atoms with van der Waals surface area (Å²) >= 11 is 5.28. The zero-order valence-corrected chi connectivity index (χ0v) is 14.4. The number of aliphatic hydroxyl groups is 1. The molecule has 0 spiro atoms. The second-order valence-electron chi connectivity index (χ2n) is 6.27. The first-order chi connectivity index (χ1) is 11.4. The van der Waals surface area contributed by atoms with Crippen LogP contribution < -0.4 is 5.32 Å². The molecule has 3 atom stereocenters. The molecule has 1 aliphatic heterocycles. The highest BCUT2D eigenvalue weighted by Gasteiger charge is 2.61. The minimum absolute atomic E-state index is 0.126. The summed E-state index contributed by atoms with van der Waals surface area (Å²) in [6, 6.07) is 8.64. The topological polar surface area (TPSA) is 78.9 Å². The van der Waals surface area contributed by atoms with E-state index in [-0.39, 0.29) is 16.8 Å². The molecular weight excluding hydrogens is 328 g/mol. The lowest BCUT2D eigenvalue weighted by atomic mass is 9.77. The molecular formula is C17H20N2O4S. The minimum Gasteiger partial charge on any atom is -0.465 e. The number of esters is 1. The monoisotopic (exact) mass is 348 g/mol. The van der Waals surface area contributed by atoms with Gasteiger partial charge in [-0.15, -0.1) is 0 Å². The minimum atomic E-state index is -2.13. The van der Waals surface area contributed by atoms with Crippen LogP contribution in [0.25, 0.3) is 0 Å². The number of nitrogens with zero attached hydrogens (tertiary/aromatic N) is 1. The van der Waals surface area contributed by atoms with Gasteiger partial charge in [0.25, 0.3) is 5.72 Å². The molecule has 0 amide bonds. The van der Waals surface area contributed by atoms with E-state index in [2.05, 4.69) is 5.32 Å². The van der Waals surface area contributed by atoms with Crippen LogP contribution in [0.4, 0.5) is 0 Å². The first kappa shape index (κ1) is 16.9. The zero-order valence-electron chi connectivity index (χ0n) is 13.6. The number of likely N-dealkylation sites (N-methyl/N-ethyl adjacent to an activating group) is 1. The number of carbonyl (C=O) groups excluding carboxylic acids is 2. The molecule has 2 fully saturated rings. The van der Waals surface area contributed by atoms with Crippen LogP contribution in [0.15, 0.2) is 30.3 Å². The van der Waals surface area contributed by atoms with Crippen molar-refractivity contribution in [2.45, 2.75) is 24.6 Å². The molecule has 2 aliphatic rings. The maximum absolute atomic E-state index is 13.0. The van der Waals surface area contributed by atoms with Crippen LogP contribution in [0.5, 0.6) is 0 Å². The first-order valence-electron chi connectivity index (χ1n) is 7.85. The number of thiocarbonyl (C=S) groups is 1. The third-order valence-electron chi connectivity index (χ3n) is 4.79. The van der Waals surface area contributed by atoms with Gasteiger partial charge >= 0.3 is 5.97 Å². The number of hydrogen-bond acceptors (Lipinski definition) is 5. The summed E-state index contributed by atoms with van der Waals surface area (Å²) in [6.45, 7) is 0. The van der Waals surface area contributed by atoms with Crippen molar-refractivity contribution < 1.29 is 19.4 Å². The number of rotatable bonds is 4. The van der Waals surface area contributed by atoms with E-state index < -0.39 is 23.7 Å². The smallest absolute Gasteiger partial charge is 0.360 e. The van der Waals surface area contributed by atoms with Crippen LogP contribution in [0.3, 0.4) is 0 Å². The predicted molar refractivity (Wildman–Crippen MR) is 90.9 cm³/mol. The molecule has 0 bridgehead atoms. The summed E-state index contributed by atoms with van der Waals surface area (Å²) in [4.78, 5) is 26.6. The standard InChI is InChI=1S/C17H20N2O4S/c1-19-16(24)18-13(10-6-4-3-5-7-10)12(14(20)11-8-9-11)17(19,22)15(21)23-2/h3-7,11-13,22H,8-9H2,1-2H3,(H,18,24)/t12-,13-,17-/m1/s1. The van der Waals surface area contributed by atoms with Gasteiger partial charge in [-0.1, -0.05) is 30.3 Å². The molecule has 3 rings (SSSR count). The Bertz CT molecular complexity index is 676. The number of benzene rings is 1. The van der Waals surface area contributed by atoms with E-state index in [1.54, 1.807) is 0 Å². The molecule has 1 heterocycles. The van der Waals surface area contributed by atoms with Gasteiger partial charge in [0.15, 0.2) is 5.11 Å². The molecule has 128 valence electrons. The van der Waals surface area contributed by atoms with Crippen molar-refractivity contribution in [3.63, 3.8) is 0 Å². The molecule has 0 radical (unpaired) electrons. The van der Waals surface area contributed by atoms with Gasteiger partial charge < -0.3 is 20.1 Å². The van der Waals surface area contributed by atoms with Crippen molar-refractivity contribution in [3.8, 4) is 0 Å². The Labute approximate surface area is 145 Å². The average Bonchev–Trinajstić information content (AvgIpc) is 3.44. The molecule has 0 unspecified atom stereocenters. The second kappa shape index (κ2) is 6.14. The lowest BCUT2D eigenvalue weighted by molar-refractivity contribution is -0.195. The number of Topliss-reactive ketones (excluding diaryl/α,β-unsaturated/α-hetero) is 1. The quantitative estimate of drug-likeness (QED) is 0.621. The van der Waals surface area contributed by atoms with Gasteiger partial charge in [-0.05, 0) is 30.6 Å². The summed E-state index contributed by atoms with van der Waals surface area (Å²) in [5.41, 5.74) is -1.34. The molecule has 1 saturated carbocycles. The first-order valence-corrected chi connectivity index (χ1v) is 8.25. The summed E-state index contributed by atoms with van der Waals surface area (Å²) in [5, 5.41) is 14.5. The van der Waals surface area contributed by atoms with Crippen molar-refractivity contribution in [2.75, 3.05) is 14.2 Å². The second-order valence-corrected chi connectivity index (χ2v) is 6.66. The third kappa shape index (κ3) is 2.57. The van der Waals surface area contributed by atoms with Crippen LogP contribution in [-0.2, 0) is 14.3 Å². The van der Waals surface area contributed by atoms with E-state index >= 15 is 0 Å². The zero-order chi connectivity index (χ0) is 17.5. The van der Waals surface area contributed by atoms with E-state index in [4.69, 9.17) is 17.0 Å². The van der Waals surface area contributed by atoms with Crippen molar-refractivity contribution in [1.82, 2.24) is 10.2 Å². The SMILES string of the molecule is COC(=O)[C@]1(O)[C@@H](C(=O)C2CC2)[C@@H](c2ccccc2)NC(=S)N1C. The number of nitrogens with one attached hydrogen (secondary N) is 1. The summed E-state index contributed by atoms with van der Waals surface area (Å²) in [5.74, 6) is -2.15. The Morgan fingerprint density at radius 3 is 2.50 bits per heavy atom. The number of ketones is 1. The molecule has 24 heavy (non-hydrogen) atoms. The molecule has 6 nitrogen and oxygen atoms in total. The maximum atomic E-state index is 13.0. The fourth-order valence-electron chi connectivity index (χ4n) is 3.24. The van der Waals surface area contributed by atoms with Crippen molar-refractivity contribution in [2.24, 2.45) is 11.8 Å². The van der Waals surface area contributed by atoms with E-state index in [0.717, 1.165) is 18.4 Å². The van der Waals surface area contributed by atoms with E-state index in [1.165, 1.54) is 19.1 Å². The van der Waals surface area contributed by atoms with Crippen LogP contribution in [0, 0.1) is 11.8 Å². The van der Waals surface area contributed by atoms with Crippen molar-refractivity contribution in [3.05, 3.63) is 35.9 Å². The summed E-state index contributed by atoms with van der Waals surface area (Å²) in [7, 11) is 2.68. The Kier molecular flexibility index (Phi) is 4.31. The molecule has 1 aromatic carbocycles. The van der Waals surface area contributed by atoms with Crippen LogP contribution in [0.2, 0.25) is 0 Å². The highest BCUT2D eigenvalue weighted by molar-refractivity contribution is 7.80. The maximum Gasteiger partial charge on any atom is 0.360 e. The highest BCUT2D eigenvalue weighted by atomic mass is 32.1. The van der Waals surface area contributed by atoms with E-state index in [9.17, 15) is 14.7 Å². The van der Waals surface area contributed by atoms with E-state index in [0.29, 0.717) is 0 Å². The molecule has 1 aliphatic carbocycles. The Morgan fingerprint density at radius 1 is 1.33 bits per heavy atom. The highest BCUT2D eigenvalue weighted by Crippen LogP contribution is 2.44. The van der Waals surface area contributed by atoms with Gasteiger partial charge in [0.2, 0.25) is 0 Å². The van der Waals surface area contributed by atoms with Crippen molar-refractivity contribution >= 4 is 29.1 Å². The molecule has 1 saturated heterocycles. The van der Waals surface area contributed by atoms with Gasteiger partial charge in [-0.3, -0.25) is 4.79 Å². The number of carbonyl (C=O) groups is 2. The van der Waals surface area contributed by atoms with Gasteiger partial charge in [0, 0.05) is 13.0 Å². The molecule has 1 aromatic rings. The molecule has 2 N–H and O–H groups in total. The molecule has 7 heteroatoms. The van der Waals surface area contributed by atoms with Gasteiger partial charge in [-0.2, -0.15) is 0 Å². The van der Waals surface area contributed by atoms with Gasteiger partial charge in [0.1, 0.15) is 11.7 Å². The normalized spacial score (nSPS) is 29.8. The number of hydrogen-bond donors (Lipinski definition) is 2. The van der Waals surface area contributed by atoms with Crippen molar-refractivity contribution in [1.29, 1.82) is 0 Å². The largest absolute Gasteiger partial charge is 0.465 e. The van der Waals surface area contributed by atoms with Gasteiger partial charge in [0.05, 0.1) is 13.2 Å². The van der Waals surface area contributed by atoms with E-state index in [1.807, 2.05) is 30.3 Å². The fraction of sp³-hybridized carbons (Fsp3) is 0.471. The summed E-state index contributed by atoms with van der Waals surface area (Å²) < 4.78 is 4.81. The predicted octanol–water partition coefficient (Wildman–Crippen LogP) is 1.00. The average molecular weight is 348 g/mol. The fourth-order valence-corrected chi connectivity index (χ4v) is 3.51. The Hall–Kier alpha value is -1.99. The Balaban J connectivity index is 2.11. The molecule has 0 aromatic heterocycles. The number of ether oxygens (including phenoxy) is 1. The third-order valence-corrected chi connectivity index (χ3v) is 5.18. The van der Waals surface area contributed by atoms with Crippen LogP contribution in [0.1, 0.15) is 24.4 Å². The van der Waals surface area contributed by atoms with Crippen LogP contribution >= 0.6 is 12.2 Å². The van der Waals surface area contributed by atoms with Gasteiger partial charge in [-0.25, -0.2) is 4.79 Å². The Morgan fingerprint density at radius 2 is 1.96 bits per heavy atom. The summed E-state index contributed by atoms with van der Waals surface area (Å²) in [6.07, 6.45) is 1.56. The lowest BCUT2D eigenvalue weighted by Crippen LogP contribution is -2.70. The van der Waals surface area contributed by atoms with Crippen LogP contribution in [-0.4, -0.2) is 46.8 Å².